The SMILES string of the molecule is CCNC(=NCc1coc(-c2ccc(C)cc2)n1)NC(C)(C)C.I. The molecular weight excluding hydrogens is 415 g/mol. The Kier molecular flexibility index (Phi) is 7.72. The van der Waals surface area contributed by atoms with Gasteiger partial charge in [-0.25, -0.2) is 9.98 Å². The maximum absolute atomic E-state index is 5.56. The molecule has 0 amide bonds. The van der Waals surface area contributed by atoms with Crippen LogP contribution < -0.4 is 10.6 Å². The van der Waals surface area contributed by atoms with E-state index in [2.05, 4.69) is 48.3 Å². The van der Waals surface area contributed by atoms with E-state index >= 15 is 0 Å². The third-order valence-electron chi connectivity index (χ3n) is 3.09. The zero-order valence-corrected chi connectivity index (χ0v) is 17.3. The molecule has 2 rings (SSSR count). The zero-order valence-electron chi connectivity index (χ0n) is 15.0. The molecular formula is C18H27IN4O. The molecule has 132 valence electrons. The molecule has 0 unspecified atom stereocenters. The van der Waals surface area contributed by atoms with Crippen molar-refractivity contribution in [2.75, 3.05) is 6.54 Å². The van der Waals surface area contributed by atoms with Gasteiger partial charge in [0.1, 0.15) is 12.0 Å². The van der Waals surface area contributed by atoms with E-state index in [-0.39, 0.29) is 29.5 Å². The van der Waals surface area contributed by atoms with Crippen LogP contribution in [0, 0.1) is 6.92 Å². The van der Waals surface area contributed by atoms with Crippen molar-refractivity contribution in [2.24, 2.45) is 4.99 Å². The molecule has 1 aromatic carbocycles. The number of hydrogen-bond donors (Lipinski definition) is 2. The van der Waals surface area contributed by atoms with Crippen molar-refractivity contribution in [3.8, 4) is 11.5 Å². The number of guanidine groups is 1. The lowest BCUT2D eigenvalue weighted by molar-refractivity contribution is 0.501. The first-order chi connectivity index (χ1) is 10.9. The minimum absolute atomic E-state index is 0. The van der Waals surface area contributed by atoms with Gasteiger partial charge in [0.25, 0.3) is 0 Å². The van der Waals surface area contributed by atoms with E-state index in [1.165, 1.54) is 5.56 Å². The monoisotopic (exact) mass is 442 g/mol. The first-order valence-electron chi connectivity index (χ1n) is 7.95. The summed E-state index contributed by atoms with van der Waals surface area (Å²) in [6, 6.07) is 8.13. The Balaban J connectivity index is 0.00000288. The molecule has 5 nitrogen and oxygen atoms in total. The highest BCUT2D eigenvalue weighted by atomic mass is 127. The van der Waals surface area contributed by atoms with Gasteiger partial charge in [-0.05, 0) is 46.8 Å². The van der Waals surface area contributed by atoms with E-state index in [1.807, 2.05) is 31.2 Å². The van der Waals surface area contributed by atoms with Gasteiger partial charge in [-0.15, -0.1) is 24.0 Å². The number of hydrogen-bond acceptors (Lipinski definition) is 3. The Labute approximate surface area is 161 Å². The highest BCUT2D eigenvalue weighted by Gasteiger charge is 2.12. The van der Waals surface area contributed by atoms with Crippen molar-refractivity contribution in [1.82, 2.24) is 15.6 Å². The minimum atomic E-state index is -0.0438. The van der Waals surface area contributed by atoms with Gasteiger partial charge < -0.3 is 15.1 Å². The maximum atomic E-state index is 5.56. The molecule has 1 aromatic heterocycles. The number of benzene rings is 1. The number of halogens is 1. The highest BCUT2D eigenvalue weighted by Crippen LogP contribution is 2.19. The lowest BCUT2D eigenvalue weighted by Crippen LogP contribution is -2.47. The summed E-state index contributed by atoms with van der Waals surface area (Å²) in [5.74, 6) is 1.41. The zero-order chi connectivity index (χ0) is 16.9. The normalized spacial score (nSPS) is 11.8. The summed E-state index contributed by atoms with van der Waals surface area (Å²) < 4.78 is 5.56. The van der Waals surface area contributed by atoms with Crippen LogP contribution in [-0.4, -0.2) is 23.0 Å². The van der Waals surface area contributed by atoms with Gasteiger partial charge in [0.2, 0.25) is 5.89 Å². The largest absolute Gasteiger partial charge is 0.444 e. The van der Waals surface area contributed by atoms with Crippen LogP contribution in [0.5, 0.6) is 0 Å². The van der Waals surface area contributed by atoms with Crippen LogP contribution in [0.2, 0.25) is 0 Å². The van der Waals surface area contributed by atoms with E-state index < -0.39 is 0 Å². The Morgan fingerprint density at radius 2 is 1.88 bits per heavy atom. The van der Waals surface area contributed by atoms with Gasteiger partial charge in [0, 0.05) is 17.6 Å². The summed E-state index contributed by atoms with van der Waals surface area (Å²) in [4.78, 5) is 9.07. The molecule has 0 radical (unpaired) electrons. The summed E-state index contributed by atoms with van der Waals surface area (Å²) in [5.41, 5.74) is 2.96. The summed E-state index contributed by atoms with van der Waals surface area (Å²) in [7, 11) is 0. The number of rotatable bonds is 4. The van der Waals surface area contributed by atoms with Crippen molar-refractivity contribution in [3.63, 3.8) is 0 Å². The van der Waals surface area contributed by atoms with Crippen molar-refractivity contribution in [2.45, 2.75) is 46.7 Å². The Morgan fingerprint density at radius 3 is 2.46 bits per heavy atom. The molecule has 0 spiro atoms. The van der Waals surface area contributed by atoms with Crippen LogP contribution >= 0.6 is 24.0 Å². The van der Waals surface area contributed by atoms with Gasteiger partial charge in [-0.3, -0.25) is 0 Å². The molecule has 1 heterocycles. The van der Waals surface area contributed by atoms with Crippen molar-refractivity contribution >= 4 is 29.9 Å². The standard InChI is InChI=1S/C18H26N4O.HI/c1-6-19-17(22-18(3,4)5)20-11-15-12-23-16(21-15)14-9-7-13(2)8-10-14;/h7-10,12H,6,11H2,1-5H3,(H2,19,20,22);1H. The summed E-state index contributed by atoms with van der Waals surface area (Å²) >= 11 is 0. The molecule has 0 bridgehead atoms. The lowest BCUT2D eigenvalue weighted by atomic mass is 10.1. The molecule has 0 atom stereocenters. The molecule has 0 aliphatic heterocycles. The second-order valence-electron chi connectivity index (χ2n) is 6.58. The number of aliphatic imine (C=N–C) groups is 1. The van der Waals surface area contributed by atoms with Crippen LogP contribution in [0.25, 0.3) is 11.5 Å². The van der Waals surface area contributed by atoms with Gasteiger partial charge in [-0.2, -0.15) is 0 Å². The van der Waals surface area contributed by atoms with E-state index in [9.17, 15) is 0 Å². The van der Waals surface area contributed by atoms with Gasteiger partial charge in [0.05, 0.1) is 6.54 Å². The first-order valence-corrected chi connectivity index (χ1v) is 7.95. The third-order valence-corrected chi connectivity index (χ3v) is 3.09. The topological polar surface area (TPSA) is 62.5 Å². The fourth-order valence-electron chi connectivity index (χ4n) is 2.03. The van der Waals surface area contributed by atoms with E-state index in [0.29, 0.717) is 12.4 Å². The molecule has 2 aromatic rings. The number of nitrogens with one attached hydrogen (secondary N) is 2. The Morgan fingerprint density at radius 1 is 1.21 bits per heavy atom. The predicted octanol–water partition coefficient (Wildman–Crippen LogP) is 4.12. The lowest BCUT2D eigenvalue weighted by Gasteiger charge is -2.23. The van der Waals surface area contributed by atoms with Crippen molar-refractivity contribution < 1.29 is 4.42 Å². The van der Waals surface area contributed by atoms with Crippen LogP contribution in [0.3, 0.4) is 0 Å². The Bertz CT molecular complexity index is 656. The maximum Gasteiger partial charge on any atom is 0.226 e. The van der Waals surface area contributed by atoms with E-state index in [0.717, 1.165) is 23.8 Å². The first kappa shape index (κ1) is 20.5. The summed E-state index contributed by atoms with van der Waals surface area (Å²) in [5, 5.41) is 6.59. The number of aromatic nitrogens is 1. The number of nitrogens with zero attached hydrogens (tertiary/aromatic N) is 2. The number of aryl methyl sites for hydroxylation is 1. The van der Waals surface area contributed by atoms with Gasteiger partial charge in [0.15, 0.2) is 5.96 Å². The van der Waals surface area contributed by atoms with Crippen molar-refractivity contribution in [1.29, 1.82) is 0 Å². The summed E-state index contributed by atoms with van der Waals surface area (Å²) in [6.07, 6.45) is 1.67. The average Bonchev–Trinajstić information content (AvgIpc) is 2.93. The minimum Gasteiger partial charge on any atom is -0.444 e. The van der Waals surface area contributed by atoms with E-state index in [4.69, 9.17) is 4.42 Å². The molecule has 0 aliphatic carbocycles. The average molecular weight is 442 g/mol. The van der Waals surface area contributed by atoms with Crippen LogP contribution in [0.15, 0.2) is 39.9 Å². The summed E-state index contributed by atoms with van der Waals surface area (Å²) in [6.45, 7) is 11.7. The third kappa shape index (κ3) is 6.51. The second kappa shape index (κ2) is 9.05. The van der Waals surface area contributed by atoms with Crippen molar-refractivity contribution in [3.05, 3.63) is 41.8 Å². The molecule has 2 N–H and O–H groups in total. The molecule has 0 aliphatic rings. The van der Waals surface area contributed by atoms with Crippen LogP contribution in [0.4, 0.5) is 0 Å². The second-order valence-corrected chi connectivity index (χ2v) is 6.58. The molecule has 6 heteroatoms. The number of oxazole rings is 1. The van der Waals surface area contributed by atoms with E-state index in [1.54, 1.807) is 6.26 Å². The molecule has 0 fully saturated rings. The fraction of sp³-hybridized carbons (Fsp3) is 0.444. The molecule has 0 saturated carbocycles. The highest BCUT2D eigenvalue weighted by molar-refractivity contribution is 14.0. The fourth-order valence-corrected chi connectivity index (χ4v) is 2.03. The van der Waals surface area contributed by atoms with Crippen LogP contribution in [0.1, 0.15) is 39.0 Å². The van der Waals surface area contributed by atoms with Crippen LogP contribution in [-0.2, 0) is 6.54 Å². The quantitative estimate of drug-likeness (QED) is 0.425. The Hall–Kier alpha value is -1.57. The molecule has 0 saturated heterocycles. The van der Waals surface area contributed by atoms with Gasteiger partial charge >= 0.3 is 0 Å². The predicted molar refractivity (Wildman–Crippen MR) is 110 cm³/mol. The molecule has 24 heavy (non-hydrogen) atoms. The van der Waals surface area contributed by atoms with Gasteiger partial charge in [-0.1, -0.05) is 17.7 Å². The smallest absolute Gasteiger partial charge is 0.226 e.